The van der Waals surface area contributed by atoms with E-state index in [2.05, 4.69) is 6.08 Å². The zero-order chi connectivity index (χ0) is 11.7. The van der Waals surface area contributed by atoms with Gasteiger partial charge in [0.15, 0.2) is 5.60 Å². The lowest BCUT2D eigenvalue weighted by molar-refractivity contribution is 0.0909. The minimum absolute atomic E-state index is 0.103. The van der Waals surface area contributed by atoms with Crippen LogP contribution in [-0.4, -0.2) is 17.5 Å². The maximum absolute atomic E-state index is 12.5. The summed E-state index contributed by atoms with van der Waals surface area (Å²) in [6.07, 6.45) is 8.59. The molecule has 1 aromatic carbocycles. The summed E-state index contributed by atoms with van der Waals surface area (Å²) >= 11 is 0. The summed E-state index contributed by atoms with van der Waals surface area (Å²) in [6, 6.07) is 9.44. The van der Waals surface area contributed by atoms with E-state index in [0.29, 0.717) is 0 Å². The van der Waals surface area contributed by atoms with Crippen LogP contribution in [0.5, 0.6) is 0 Å². The van der Waals surface area contributed by atoms with Crippen molar-refractivity contribution in [2.75, 3.05) is 0 Å². The predicted molar refractivity (Wildman–Crippen MR) is 66.0 cm³/mol. The third-order valence-corrected chi connectivity index (χ3v) is 3.60. The first-order valence-electron chi connectivity index (χ1n) is 6.28. The molecule has 0 amide bonds. The van der Waals surface area contributed by atoms with E-state index >= 15 is 0 Å². The minimum atomic E-state index is -0.637. The molecule has 0 aromatic heterocycles. The molecule has 2 atom stereocenters. The summed E-state index contributed by atoms with van der Waals surface area (Å²) in [4.78, 5) is 12.5. The lowest BCUT2D eigenvalue weighted by Gasteiger charge is -2.09. The summed E-state index contributed by atoms with van der Waals surface area (Å²) < 4.78 is 5.71. The largest absolute Gasteiger partial charge is 0.353 e. The van der Waals surface area contributed by atoms with Gasteiger partial charge in [-0.3, -0.25) is 4.79 Å². The van der Waals surface area contributed by atoms with E-state index in [0.717, 1.165) is 24.8 Å². The number of allylic oxidation sites excluding steroid dienone is 1. The average molecular weight is 228 g/mol. The number of benzene rings is 1. The SMILES string of the molecule is O=C(c1ccccc1)C12/C=C\CCCCC1O2. The number of carbonyl (C=O) groups is 1. The highest BCUT2D eigenvalue weighted by molar-refractivity contribution is 6.06. The summed E-state index contributed by atoms with van der Waals surface area (Å²) in [5.74, 6) is 0.112. The molecule has 1 saturated heterocycles. The highest BCUT2D eigenvalue weighted by atomic mass is 16.6. The van der Waals surface area contributed by atoms with E-state index in [1.807, 2.05) is 36.4 Å². The molecule has 1 heterocycles. The Hall–Kier alpha value is -1.41. The molecule has 88 valence electrons. The number of hydrogen-bond donors (Lipinski definition) is 0. The molecule has 1 aromatic rings. The maximum atomic E-state index is 12.5. The second kappa shape index (κ2) is 4.11. The fraction of sp³-hybridized carbons (Fsp3) is 0.400. The van der Waals surface area contributed by atoms with Crippen molar-refractivity contribution in [2.24, 2.45) is 0 Å². The van der Waals surface area contributed by atoms with E-state index < -0.39 is 5.60 Å². The van der Waals surface area contributed by atoms with Crippen molar-refractivity contribution in [3.05, 3.63) is 48.0 Å². The minimum Gasteiger partial charge on any atom is -0.353 e. The third-order valence-electron chi connectivity index (χ3n) is 3.60. The quantitative estimate of drug-likeness (QED) is 0.442. The van der Waals surface area contributed by atoms with Gasteiger partial charge in [-0.05, 0) is 25.3 Å². The van der Waals surface area contributed by atoms with Crippen LogP contribution in [0.25, 0.3) is 0 Å². The Morgan fingerprint density at radius 2 is 2.06 bits per heavy atom. The molecule has 0 N–H and O–H groups in total. The van der Waals surface area contributed by atoms with Gasteiger partial charge in [0.1, 0.15) is 0 Å². The molecule has 17 heavy (non-hydrogen) atoms. The van der Waals surface area contributed by atoms with Crippen LogP contribution in [0.4, 0.5) is 0 Å². The number of ketones is 1. The van der Waals surface area contributed by atoms with Gasteiger partial charge in [0.05, 0.1) is 6.10 Å². The number of Topliss-reactive ketones (excluding diaryl/α,β-unsaturated/α-hetero) is 1. The second-order valence-electron chi connectivity index (χ2n) is 4.78. The standard InChI is InChI=1S/C15H16O2/c16-14(12-8-4-3-5-9-12)15-11-7-2-1-6-10-13(15)17-15/h3-5,7-9,11,13H,1-2,6,10H2/b11-7-. The number of ether oxygens (including phenoxy) is 1. The highest BCUT2D eigenvalue weighted by Gasteiger charge is 2.59. The fourth-order valence-electron chi connectivity index (χ4n) is 2.56. The highest BCUT2D eigenvalue weighted by Crippen LogP contribution is 2.44. The topological polar surface area (TPSA) is 29.6 Å². The van der Waals surface area contributed by atoms with Crippen LogP contribution in [0.15, 0.2) is 42.5 Å². The second-order valence-corrected chi connectivity index (χ2v) is 4.78. The number of epoxide rings is 1. The van der Waals surface area contributed by atoms with Gasteiger partial charge in [0.25, 0.3) is 0 Å². The van der Waals surface area contributed by atoms with E-state index in [4.69, 9.17) is 4.74 Å². The molecular formula is C15H16O2. The van der Waals surface area contributed by atoms with Gasteiger partial charge in [-0.25, -0.2) is 0 Å². The molecule has 2 aliphatic rings. The Kier molecular flexibility index (Phi) is 2.60. The van der Waals surface area contributed by atoms with Crippen LogP contribution in [0.1, 0.15) is 36.0 Å². The Morgan fingerprint density at radius 3 is 2.88 bits per heavy atom. The first-order chi connectivity index (χ1) is 8.33. The van der Waals surface area contributed by atoms with Gasteiger partial charge >= 0.3 is 0 Å². The number of hydrogen-bond acceptors (Lipinski definition) is 2. The van der Waals surface area contributed by atoms with Crippen LogP contribution in [0.2, 0.25) is 0 Å². The van der Waals surface area contributed by atoms with Crippen LogP contribution in [0.3, 0.4) is 0 Å². The first-order valence-corrected chi connectivity index (χ1v) is 6.28. The van der Waals surface area contributed by atoms with Gasteiger partial charge < -0.3 is 4.74 Å². The van der Waals surface area contributed by atoms with Crippen molar-refractivity contribution in [3.63, 3.8) is 0 Å². The zero-order valence-corrected chi connectivity index (χ0v) is 9.76. The third kappa shape index (κ3) is 1.83. The van der Waals surface area contributed by atoms with Gasteiger partial charge in [-0.2, -0.15) is 0 Å². The van der Waals surface area contributed by atoms with E-state index in [9.17, 15) is 4.79 Å². The molecule has 2 heteroatoms. The lowest BCUT2D eigenvalue weighted by Crippen LogP contribution is -2.25. The van der Waals surface area contributed by atoms with E-state index in [1.165, 1.54) is 6.42 Å². The Balaban J connectivity index is 1.89. The molecule has 0 radical (unpaired) electrons. The molecule has 1 aliphatic carbocycles. The van der Waals surface area contributed by atoms with Crippen molar-refractivity contribution in [1.82, 2.24) is 0 Å². The molecule has 0 saturated carbocycles. The maximum Gasteiger partial charge on any atom is 0.201 e. The zero-order valence-electron chi connectivity index (χ0n) is 9.76. The Labute approximate surface area is 101 Å². The molecule has 0 spiro atoms. The van der Waals surface area contributed by atoms with Gasteiger partial charge in [-0.15, -0.1) is 0 Å². The van der Waals surface area contributed by atoms with Crippen LogP contribution >= 0.6 is 0 Å². The summed E-state index contributed by atoms with van der Waals surface area (Å²) in [7, 11) is 0. The van der Waals surface area contributed by atoms with Crippen molar-refractivity contribution in [2.45, 2.75) is 37.4 Å². The lowest BCUT2D eigenvalue weighted by atomic mass is 9.89. The van der Waals surface area contributed by atoms with Crippen LogP contribution in [-0.2, 0) is 4.74 Å². The van der Waals surface area contributed by atoms with E-state index in [1.54, 1.807) is 0 Å². The van der Waals surface area contributed by atoms with Crippen LogP contribution in [0, 0.1) is 0 Å². The van der Waals surface area contributed by atoms with Crippen molar-refractivity contribution in [3.8, 4) is 0 Å². The molecular weight excluding hydrogens is 212 g/mol. The predicted octanol–water partition coefficient (Wildman–Crippen LogP) is 3.14. The normalized spacial score (nSPS) is 33.1. The smallest absolute Gasteiger partial charge is 0.201 e. The summed E-state index contributed by atoms with van der Waals surface area (Å²) in [5, 5.41) is 0. The van der Waals surface area contributed by atoms with Gasteiger partial charge in [0.2, 0.25) is 5.78 Å². The van der Waals surface area contributed by atoms with Crippen LogP contribution < -0.4 is 0 Å². The Bertz CT molecular complexity index is 449. The molecule has 3 rings (SSSR count). The molecule has 1 fully saturated rings. The molecule has 1 aliphatic heterocycles. The molecule has 2 nitrogen and oxygen atoms in total. The number of fused-ring (bicyclic) bond motifs is 1. The van der Waals surface area contributed by atoms with Crippen molar-refractivity contribution in [1.29, 1.82) is 0 Å². The van der Waals surface area contributed by atoms with E-state index in [-0.39, 0.29) is 11.9 Å². The molecule has 2 unspecified atom stereocenters. The van der Waals surface area contributed by atoms with Crippen molar-refractivity contribution < 1.29 is 9.53 Å². The first kappa shape index (κ1) is 10.7. The van der Waals surface area contributed by atoms with Gasteiger partial charge in [0, 0.05) is 5.56 Å². The van der Waals surface area contributed by atoms with Gasteiger partial charge in [-0.1, -0.05) is 42.8 Å². The summed E-state index contributed by atoms with van der Waals surface area (Å²) in [6.45, 7) is 0. The fourth-order valence-corrected chi connectivity index (χ4v) is 2.56. The van der Waals surface area contributed by atoms with Crippen molar-refractivity contribution >= 4 is 5.78 Å². The summed E-state index contributed by atoms with van der Waals surface area (Å²) in [5.41, 5.74) is 0.113. The monoisotopic (exact) mass is 228 g/mol. The average Bonchev–Trinajstić information content (AvgIpc) is 3.03. The number of carbonyl (C=O) groups excluding carboxylic acids is 1. The Morgan fingerprint density at radius 1 is 1.24 bits per heavy atom. The number of rotatable bonds is 2. The molecule has 0 bridgehead atoms.